The fourth-order valence-corrected chi connectivity index (χ4v) is 5.68. The Labute approximate surface area is 188 Å². The number of carbonyl (C=O) groups is 2. The van der Waals surface area contributed by atoms with Crippen LogP contribution >= 0.6 is 34.7 Å². The van der Waals surface area contributed by atoms with Crippen LogP contribution in [0.5, 0.6) is 0 Å². The molecule has 4 rings (SSSR count). The van der Waals surface area contributed by atoms with Crippen LogP contribution in [0.1, 0.15) is 51.1 Å². The smallest absolute Gasteiger partial charge is 0.276 e. The van der Waals surface area contributed by atoms with Crippen LogP contribution in [0.4, 0.5) is 5.00 Å². The number of carbonyl (C=O) groups excluding carboxylic acids is 2. The fraction of sp³-hybridized carbons (Fsp3) is 0.500. The van der Waals surface area contributed by atoms with E-state index in [1.165, 1.54) is 29.3 Å². The number of thiophene rings is 1. The molecule has 2 unspecified atom stereocenters. The van der Waals surface area contributed by atoms with Gasteiger partial charge in [-0.1, -0.05) is 30.3 Å². The lowest BCUT2D eigenvalue weighted by Crippen LogP contribution is -2.36. The van der Waals surface area contributed by atoms with Crippen LogP contribution in [-0.2, 0) is 17.6 Å². The van der Waals surface area contributed by atoms with Gasteiger partial charge in [0.1, 0.15) is 5.00 Å². The average Bonchev–Trinajstić information content (AvgIpc) is 3.35. The van der Waals surface area contributed by atoms with Gasteiger partial charge in [-0.15, -0.1) is 11.3 Å². The van der Waals surface area contributed by atoms with Gasteiger partial charge in [-0.2, -0.15) is 0 Å². The Hall–Kier alpha value is -1.68. The van der Waals surface area contributed by atoms with Crippen molar-refractivity contribution in [3.05, 3.63) is 32.9 Å². The summed E-state index contributed by atoms with van der Waals surface area (Å²) in [6.07, 6.45) is 6.81. The zero-order valence-electron chi connectivity index (χ0n) is 16.8. The summed E-state index contributed by atoms with van der Waals surface area (Å²) in [6, 6.07) is -0.000406. The molecule has 0 aromatic carbocycles. The first kappa shape index (κ1) is 21.5. The molecule has 0 bridgehead atoms. The third-order valence-corrected chi connectivity index (χ3v) is 7.36. The Morgan fingerprint density at radius 3 is 2.90 bits per heavy atom. The number of hydrogen-bond acceptors (Lipinski definition) is 7. The maximum Gasteiger partial charge on any atom is 0.276 e. The Morgan fingerprint density at radius 2 is 2.17 bits per heavy atom. The summed E-state index contributed by atoms with van der Waals surface area (Å²) >= 11 is 8.97. The lowest BCUT2D eigenvalue weighted by molar-refractivity contribution is 0.0930. The predicted molar refractivity (Wildman–Crippen MR) is 119 cm³/mol. The van der Waals surface area contributed by atoms with Gasteiger partial charge < -0.3 is 15.4 Å². The largest absolute Gasteiger partial charge is 0.379 e. The first-order valence-electron chi connectivity index (χ1n) is 9.87. The summed E-state index contributed by atoms with van der Waals surface area (Å²) < 4.78 is 5.38. The molecule has 2 aromatic rings. The van der Waals surface area contributed by atoms with Crippen LogP contribution in [0.2, 0.25) is 5.02 Å². The fourth-order valence-electron chi connectivity index (χ4n) is 3.76. The second-order valence-electron chi connectivity index (χ2n) is 7.60. The minimum Gasteiger partial charge on any atom is -0.379 e. The molecule has 30 heavy (non-hydrogen) atoms. The molecule has 0 saturated carbocycles. The highest BCUT2D eigenvalue weighted by molar-refractivity contribution is 7.98. The van der Waals surface area contributed by atoms with Gasteiger partial charge >= 0.3 is 0 Å². The van der Waals surface area contributed by atoms with Crippen molar-refractivity contribution in [1.29, 1.82) is 0 Å². The van der Waals surface area contributed by atoms with Crippen molar-refractivity contribution in [2.45, 2.75) is 43.8 Å². The van der Waals surface area contributed by atoms with Crippen molar-refractivity contribution < 1.29 is 14.3 Å². The van der Waals surface area contributed by atoms with Crippen molar-refractivity contribution in [3.63, 3.8) is 0 Å². The zero-order valence-corrected chi connectivity index (χ0v) is 19.2. The summed E-state index contributed by atoms with van der Waals surface area (Å²) in [4.78, 5) is 35.6. The first-order valence-corrected chi connectivity index (χ1v) is 12.3. The SMILES string of the molecule is CSc1ncc(Cl)c(C(=O)Nc2sc3c(c2C(=O)NC2CCOC2)CCC(C)C3)n1. The number of hydrogen-bond donors (Lipinski definition) is 2. The van der Waals surface area contributed by atoms with E-state index >= 15 is 0 Å². The van der Waals surface area contributed by atoms with Gasteiger partial charge in [-0.3, -0.25) is 9.59 Å². The van der Waals surface area contributed by atoms with Crippen LogP contribution in [0.15, 0.2) is 11.4 Å². The highest BCUT2D eigenvalue weighted by atomic mass is 35.5. The molecule has 1 aliphatic carbocycles. The van der Waals surface area contributed by atoms with E-state index in [4.69, 9.17) is 16.3 Å². The summed E-state index contributed by atoms with van der Waals surface area (Å²) in [7, 11) is 0. The number of rotatable bonds is 5. The van der Waals surface area contributed by atoms with Crippen molar-refractivity contribution in [2.75, 3.05) is 24.8 Å². The van der Waals surface area contributed by atoms with E-state index in [9.17, 15) is 9.59 Å². The number of aromatic nitrogens is 2. The predicted octanol–water partition coefficient (Wildman–Crippen LogP) is 3.81. The highest BCUT2D eigenvalue weighted by Crippen LogP contribution is 2.40. The number of fused-ring (bicyclic) bond motifs is 1. The third kappa shape index (κ3) is 4.49. The van der Waals surface area contributed by atoms with E-state index in [0.29, 0.717) is 34.9 Å². The molecule has 1 saturated heterocycles. The molecule has 2 aromatic heterocycles. The Kier molecular flexibility index (Phi) is 6.62. The molecular formula is C20H23ClN4O3S2. The number of amides is 2. The quantitative estimate of drug-likeness (QED) is 0.514. The molecule has 0 spiro atoms. The van der Waals surface area contributed by atoms with Crippen LogP contribution < -0.4 is 10.6 Å². The maximum absolute atomic E-state index is 13.2. The van der Waals surface area contributed by atoms with Crippen molar-refractivity contribution in [3.8, 4) is 0 Å². The van der Waals surface area contributed by atoms with E-state index in [1.54, 1.807) is 0 Å². The zero-order chi connectivity index (χ0) is 21.3. The van der Waals surface area contributed by atoms with Gasteiger partial charge in [0.2, 0.25) is 0 Å². The normalized spacial score (nSPS) is 20.6. The molecule has 2 aliphatic rings. The standard InChI is InChI=1S/C20H23ClN4O3S2/c1-10-3-4-12-14(7-10)30-19(15(12)17(26)23-11-5-6-28-9-11)25-18(27)16-13(21)8-22-20(24-16)29-2/h8,10-11H,3-7,9H2,1-2H3,(H,23,26)(H,25,27). The van der Waals surface area contributed by atoms with E-state index in [-0.39, 0.29) is 22.7 Å². The molecule has 7 nitrogen and oxygen atoms in total. The van der Waals surface area contributed by atoms with E-state index < -0.39 is 5.91 Å². The Morgan fingerprint density at radius 1 is 1.33 bits per heavy atom. The van der Waals surface area contributed by atoms with Crippen molar-refractivity contribution >= 4 is 51.5 Å². The summed E-state index contributed by atoms with van der Waals surface area (Å²) in [6.45, 7) is 3.38. The summed E-state index contributed by atoms with van der Waals surface area (Å²) in [5.41, 5.74) is 1.71. The molecular weight excluding hydrogens is 444 g/mol. The van der Waals surface area contributed by atoms with Gasteiger partial charge in [0.25, 0.3) is 11.8 Å². The van der Waals surface area contributed by atoms with Gasteiger partial charge in [0, 0.05) is 11.5 Å². The van der Waals surface area contributed by atoms with E-state index in [1.807, 2.05) is 6.26 Å². The number of thioether (sulfide) groups is 1. The average molecular weight is 467 g/mol. The lowest BCUT2D eigenvalue weighted by atomic mass is 9.88. The second kappa shape index (κ2) is 9.21. The van der Waals surface area contributed by atoms with Gasteiger partial charge in [0.05, 0.1) is 29.4 Å². The number of halogens is 1. The topological polar surface area (TPSA) is 93.2 Å². The van der Waals surface area contributed by atoms with Gasteiger partial charge in [-0.05, 0) is 43.4 Å². The molecule has 0 radical (unpaired) electrons. The van der Waals surface area contributed by atoms with Gasteiger partial charge in [0.15, 0.2) is 10.9 Å². The first-order chi connectivity index (χ1) is 14.5. The monoisotopic (exact) mass is 466 g/mol. The van der Waals surface area contributed by atoms with Crippen LogP contribution in [0.25, 0.3) is 0 Å². The third-order valence-electron chi connectivity index (χ3n) is 5.35. The van der Waals surface area contributed by atoms with Crippen LogP contribution in [-0.4, -0.2) is 47.3 Å². The summed E-state index contributed by atoms with van der Waals surface area (Å²) in [5.74, 6) is -0.0478. The van der Waals surface area contributed by atoms with E-state index in [0.717, 1.165) is 36.1 Å². The van der Waals surface area contributed by atoms with Gasteiger partial charge in [-0.25, -0.2) is 9.97 Å². The maximum atomic E-state index is 13.2. The molecule has 2 amide bonds. The Bertz CT molecular complexity index is 975. The molecule has 10 heteroatoms. The number of ether oxygens (including phenoxy) is 1. The minimum atomic E-state index is -0.442. The highest BCUT2D eigenvalue weighted by Gasteiger charge is 2.30. The molecule has 2 atom stereocenters. The number of nitrogens with one attached hydrogen (secondary N) is 2. The van der Waals surface area contributed by atoms with Crippen molar-refractivity contribution in [1.82, 2.24) is 15.3 Å². The molecule has 3 heterocycles. The summed E-state index contributed by atoms with van der Waals surface area (Å²) in [5, 5.41) is 7.15. The minimum absolute atomic E-state index is 0.000406. The molecule has 1 fully saturated rings. The second-order valence-corrected chi connectivity index (χ2v) is 9.88. The van der Waals surface area contributed by atoms with Crippen molar-refractivity contribution in [2.24, 2.45) is 5.92 Å². The molecule has 2 N–H and O–H groups in total. The molecule has 1 aliphatic heterocycles. The number of anilines is 1. The van der Waals surface area contributed by atoms with E-state index in [2.05, 4.69) is 27.5 Å². The van der Waals surface area contributed by atoms with Crippen LogP contribution in [0.3, 0.4) is 0 Å². The van der Waals surface area contributed by atoms with Crippen LogP contribution in [0, 0.1) is 5.92 Å². The number of nitrogens with zero attached hydrogens (tertiary/aromatic N) is 2. The Balaban J connectivity index is 1.65. The molecule has 160 valence electrons. The lowest BCUT2D eigenvalue weighted by Gasteiger charge is -2.19.